The van der Waals surface area contributed by atoms with Gasteiger partial charge in [0, 0.05) is 55.8 Å². The highest BCUT2D eigenvalue weighted by Crippen LogP contribution is 2.40. The zero-order valence-electron chi connectivity index (χ0n) is 31.4. The van der Waals surface area contributed by atoms with Gasteiger partial charge in [0.1, 0.15) is 0 Å². The van der Waals surface area contributed by atoms with Gasteiger partial charge in [0.25, 0.3) is 0 Å². The average Bonchev–Trinajstić information content (AvgIpc) is 3.36. The van der Waals surface area contributed by atoms with E-state index < -0.39 is 0 Å². The summed E-state index contributed by atoms with van der Waals surface area (Å²) in [6.45, 7) is 28.8. The van der Waals surface area contributed by atoms with Gasteiger partial charge in [0.05, 0.1) is 0 Å². The molecule has 0 N–H and O–H groups in total. The van der Waals surface area contributed by atoms with Gasteiger partial charge in [-0.05, 0) is 68.9 Å². The van der Waals surface area contributed by atoms with Gasteiger partial charge in [-0.1, -0.05) is 159 Å². The van der Waals surface area contributed by atoms with Crippen LogP contribution in [0.1, 0.15) is 82.6 Å². The van der Waals surface area contributed by atoms with Crippen molar-refractivity contribution in [3.63, 3.8) is 0 Å². The van der Waals surface area contributed by atoms with Crippen molar-refractivity contribution in [1.29, 1.82) is 0 Å². The van der Waals surface area contributed by atoms with Crippen LogP contribution >= 0.6 is 0 Å². The summed E-state index contributed by atoms with van der Waals surface area (Å²) in [5.74, 6) is 0. The van der Waals surface area contributed by atoms with E-state index in [1.807, 2.05) is 6.08 Å². The van der Waals surface area contributed by atoms with Crippen LogP contribution in [0.4, 0.5) is 0 Å². The summed E-state index contributed by atoms with van der Waals surface area (Å²) in [5, 5.41) is 0. The summed E-state index contributed by atoms with van der Waals surface area (Å²) < 4.78 is 0. The topological polar surface area (TPSA) is 6.48 Å². The van der Waals surface area contributed by atoms with E-state index in [2.05, 4.69) is 214 Å². The number of allylic oxidation sites excluding steroid dienone is 23. The van der Waals surface area contributed by atoms with E-state index in [-0.39, 0.29) is 21.7 Å². The number of nitrogens with zero attached hydrogens (tertiary/aromatic N) is 2. The van der Waals surface area contributed by atoms with Crippen molar-refractivity contribution in [2.75, 3.05) is 0 Å². The van der Waals surface area contributed by atoms with Crippen LogP contribution in [0, 0.1) is 21.7 Å². The molecule has 48 heavy (non-hydrogen) atoms. The minimum Gasteiger partial charge on any atom is -0.311 e. The van der Waals surface area contributed by atoms with Gasteiger partial charge in [-0.15, -0.1) is 0 Å². The molecule has 0 radical (unpaired) electrons. The monoisotopic (exact) mass is 638 g/mol. The molecule has 0 spiro atoms. The molecule has 0 atom stereocenters. The molecule has 0 bridgehead atoms. The summed E-state index contributed by atoms with van der Waals surface area (Å²) in [5.41, 5.74) is 8.72. The summed E-state index contributed by atoms with van der Waals surface area (Å²) in [4.78, 5) is 4.81. The molecule has 4 rings (SSSR count). The van der Waals surface area contributed by atoms with Crippen LogP contribution < -0.4 is 0 Å². The molecule has 0 aromatic heterocycles. The molecule has 0 aromatic rings. The molecule has 0 heterocycles. The molecule has 2 nitrogen and oxygen atoms in total. The fourth-order valence-electron chi connectivity index (χ4n) is 6.69. The van der Waals surface area contributed by atoms with E-state index in [9.17, 15) is 0 Å². The highest BCUT2D eigenvalue weighted by molar-refractivity contribution is 5.50. The third-order valence-corrected chi connectivity index (χ3v) is 8.58. The van der Waals surface area contributed by atoms with Crippen molar-refractivity contribution in [2.24, 2.45) is 21.7 Å². The molecule has 0 aliphatic heterocycles. The Morgan fingerprint density at radius 3 is 1.62 bits per heavy atom. The molecular weight excluding hydrogens is 581 g/mol. The lowest BCUT2D eigenvalue weighted by atomic mass is 9.89. The van der Waals surface area contributed by atoms with Crippen LogP contribution in [0.25, 0.3) is 0 Å². The van der Waals surface area contributed by atoms with Crippen molar-refractivity contribution in [2.45, 2.75) is 82.6 Å². The quantitative estimate of drug-likeness (QED) is 0.232. The number of rotatable bonds is 9. The second-order valence-corrected chi connectivity index (χ2v) is 15.9. The fourth-order valence-corrected chi connectivity index (χ4v) is 6.69. The zero-order chi connectivity index (χ0) is 35.3. The second-order valence-electron chi connectivity index (χ2n) is 15.9. The third kappa shape index (κ3) is 9.63. The molecule has 0 saturated carbocycles. The Kier molecular flexibility index (Phi) is 11.0. The maximum atomic E-state index is 4.09. The van der Waals surface area contributed by atoms with Crippen molar-refractivity contribution in [3.8, 4) is 0 Å². The SMILES string of the molecule is C=CC=C(C=CCC)N(C1=CC(C)(C)C=C(C)C=C1)C1=CC(C)(C)C=C(N(C2=CC=CC(C)(C)C=C2)C2=CC(C)(C)C=C(C)C=C2)C=C1. The van der Waals surface area contributed by atoms with E-state index >= 15 is 0 Å². The normalized spacial score (nSPS) is 22.6. The predicted octanol–water partition coefficient (Wildman–Crippen LogP) is 12.9. The van der Waals surface area contributed by atoms with Crippen molar-refractivity contribution in [3.05, 3.63) is 180 Å². The lowest BCUT2D eigenvalue weighted by molar-refractivity contribution is 0.514. The lowest BCUT2D eigenvalue weighted by Gasteiger charge is -2.31. The smallest absolute Gasteiger partial charge is 0.0458 e. The Hall–Kier alpha value is -4.30. The van der Waals surface area contributed by atoms with Crippen molar-refractivity contribution < 1.29 is 0 Å². The van der Waals surface area contributed by atoms with Gasteiger partial charge in [-0.25, -0.2) is 0 Å². The molecule has 252 valence electrons. The lowest BCUT2D eigenvalue weighted by Crippen LogP contribution is -2.23. The number of hydrogen-bond donors (Lipinski definition) is 0. The van der Waals surface area contributed by atoms with Gasteiger partial charge in [-0.3, -0.25) is 0 Å². The molecule has 2 heteroatoms. The summed E-state index contributed by atoms with van der Waals surface area (Å²) in [7, 11) is 0. The highest BCUT2D eigenvalue weighted by atomic mass is 15.2. The first kappa shape index (κ1) is 36.5. The van der Waals surface area contributed by atoms with Gasteiger partial charge < -0.3 is 9.80 Å². The Balaban J connectivity index is 1.94. The van der Waals surface area contributed by atoms with Crippen LogP contribution in [0.3, 0.4) is 0 Å². The zero-order valence-corrected chi connectivity index (χ0v) is 31.4. The molecular formula is C46H58N2. The summed E-state index contributed by atoms with van der Waals surface area (Å²) >= 11 is 0. The van der Waals surface area contributed by atoms with Crippen LogP contribution in [-0.4, -0.2) is 9.80 Å². The van der Waals surface area contributed by atoms with E-state index in [0.29, 0.717) is 0 Å². The molecule has 0 aromatic carbocycles. The van der Waals surface area contributed by atoms with Crippen LogP contribution in [0.15, 0.2) is 180 Å². The Bertz CT molecular complexity index is 1710. The Morgan fingerprint density at radius 1 is 0.604 bits per heavy atom. The molecule has 0 fully saturated rings. The minimum absolute atomic E-state index is 0.0297. The van der Waals surface area contributed by atoms with Crippen molar-refractivity contribution in [1.82, 2.24) is 9.80 Å². The van der Waals surface area contributed by atoms with E-state index in [1.54, 1.807) is 0 Å². The molecule has 4 aliphatic rings. The average molecular weight is 639 g/mol. The summed E-state index contributed by atoms with van der Waals surface area (Å²) in [6, 6.07) is 0. The van der Waals surface area contributed by atoms with Crippen LogP contribution in [-0.2, 0) is 0 Å². The third-order valence-electron chi connectivity index (χ3n) is 8.58. The van der Waals surface area contributed by atoms with Gasteiger partial charge in [-0.2, -0.15) is 0 Å². The van der Waals surface area contributed by atoms with E-state index in [4.69, 9.17) is 0 Å². The van der Waals surface area contributed by atoms with E-state index in [0.717, 1.165) is 40.6 Å². The maximum absolute atomic E-state index is 4.09. The largest absolute Gasteiger partial charge is 0.311 e. The minimum atomic E-state index is -0.278. The highest BCUT2D eigenvalue weighted by Gasteiger charge is 2.28. The molecule has 0 amide bonds. The Morgan fingerprint density at radius 2 is 1.08 bits per heavy atom. The first-order valence-corrected chi connectivity index (χ1v) is 17.5. The molecule has 0 saturated heterocycles. The number of hydrogen-bond acceptors (Lipinski definition) is 2. The standard InChI is InChI=1S/C46H58N2/c1-13-15-18-37(17-14-2)47(39-22-20-35(3)29-44(7,8)31-39)41-24-25-42(34-46(11,12)33-41)48(38-19-16-27-43(5,6)28-26-38)40-23-21-36(4)30-45(9,10)32-40/h14-34H,2,13H2,1,3-12H3. The van der Waals surface area contributed by atoms with Crippen LogP contribution in [0.2, 0.25) is 0 Å². The van der Waals surface area contributed by atoms with Gasteiger partial charge in [0.2, 0.25) is 0 Å². The van der Waals surface area contributed by atoms with E-state index in [1.165, 1.54) is 11.1 Å². The first-order valence-electron chi connectivity index (χ1n) is 17.5. The molecule has 4 aliphatic carbocycles. The second kappa shape index (κ2) is 14.4. The maximum Gasteiger partial charge on any atom is 0.0458 e. The predicted molar refractivity (Wildman–Crippen MR) is 210 cm³/mol. The molecule has 0 unspecified atom stereocenters. The first-order chi connectivity index (χ1) is 22.4. The summed E-state index contributed by atoms with van der Waals surface area (Å²) in [6.07, 6.45) is 48.5. The van der Waals surface area contributed by atoms with Crippen LogP contribution in [0.5, 0.6) is 0 Å². The van der Waals surface area contributed by atoms with Gasteiger partial charge in [0.15, 0.2) is 0 Å². The Labute approximate surface area is 292 Å². The van der Waals surface area contributed by atoms with Crippen molar-refractivity contribution >= 4 is 0 Å². The van der Waals surface area contributed by atoms with Gasteiger partial charge >= 0.3 is 0 Å². The fraction of sp³-hybridized carbons (Fsp3) is 0.348.